The highest BCUT2D eigenvalue weighted by molar-refractivity contribution is 8.18. The molecule has 156 valence electrons. The largest absolute Gasteiger partial charge is 0.493 e. The van der Waals surface area contributed by atoms with Gasteiger partial charge in [-0.05, 0) is 72.6 Å². The molecule has 30 heavy (non-hydrogen) atoms. The standard InChI is InChI=1S/C22H22N2O5S/c1-13-6-5-7-16(8-13)23-20(25)12-24-21(26)19(30-22(24)27)11-15-10-18(29-4)17(28-3)9-14(15)2/h5-11H,12H2,1-4H3,(H,23,25)/b19-11-. The Balaban J connectivity index is 1.77. The fraction of sp³-hybridized carbons (Fsp3) is 0.227. The SMILES string of the molecule is COc1cc(C)c(/C=C2\SC(=O)N(CC(=O)Nc3cccc(C)c3)C2=O)cc1OC. The first kappa shape index (κ1) is 21.4. The number of benzene rings is 2. The van der Waals surface area contributed by atoms with Crippen molar-refractivity contribution in [1.29, 1.82) is 0 Å². The molecule has 3 rings (SSSR count). The highest BCUT2D eigenvalue weighted by Crippen LogP contribution is 2.35. The Hall–Kier alpha value is -3.26. The Kier molecular flexibility index (Phi) is 6.47. The summed E-state index contributed by atoms with van der Waals surface area (Å²) in [5.74, 6) is 0.157. The fourth-order valence-electron chi connectivity index (χ4n) is 3.00. The van der Waals surface area contributed by atoms with Gasteiger partial charge in [-0.1, -0.05) is 12.1 Å². The summed E-state index contributed by atoms with van der Waals surface area (Å²) in [5.41, 5.74) is 3.19. The van der Waals surface area contributed by atoms with Crippen LogP contribution in [0, 0.1) is 13.8 Å². The van der Waals surface area contributed by atoms with E-state index in [4.69, 9.17) is 9.47 Å². The van der Waals surface area contributed by atoms with Gasteiger partial charge in [-0.15, -0.1) is 0 Å². The normalized spacial score (nSPS) is 14.9. The number of carbonyl (C=O) groups excluding carboxylic acids is 3. The highest BCUT2D eigenvalue weighted by atomic mass is 32.2. The number of amides is 3. The van der Waals surface area contributed by atoms with E-state index in [2.05, 4.69) is 5.32 Å². The molecule has 0 aromatic heterocycles. The summed E-state index contributed by atoms with van der Waals surface area (Å²) in [6, 6.07) is 10.8. The molecule has 1 heterocycles. The number of rotatable bonds is 6. The summed E-state index contributed by atoms with van der Waals surface area (Å²) >= 11 is 0.806. The van der Waals surface area contributed by atoms with Gasteiger partial charge in [-0.3, -0.25) is 19.3 Å². The molecule has 1 saturated heterocycles. The first-order chi connectivity index (χ1) is 14.3. The zero-order chi connectivity index (χ0) is 21.8. The molecule has 0 radical (unpaired) electrons. The number of ether oxygens (including phenoxy) is 2. The Morgan fingerprint density at radius 1 is 1.10 bits per heavy atom. The van der Waals surface area contributed by atoms with Crippen LogP contribution in [0.25, 0.3) is 6.08 Å². The van der Waals surface area contributed by atoms with Gasteiger partial charge in [-0.25, -0.2) is 0 Å². The molecular formula is C22H22N2O5S. The Morgan fingerprint density at radius 3 is 2.47 bits per heavy atom. The second kappa shape index (κ2) is 9.04. The van der Waals surface area contributed by atoms with Crippen LogP contribution in [0.15, 0.2) is 41.3 Å². The summed E-state index contributed by atoms with van der Waals surface area (Å²) in [7, 11) is 3.07. The average molecular weight is 426 g/mol. The lowest BCUT2D eigenvalue weighted by molar-refractivity contribution is -0.127. The third-order valence-electron chi connectivity index (χ3n) is 4.54. The molecule has 1 N–H and O–H groups in total. The number of nitrogens with zero attached hydrogens (tertiary/aromatic N) is 1. The lowest BCUT2D eigenvalue weighted by Crippen LogP contribution is -2.36. The van der Waals surface area contributed by atoms with Crippen LogP contribution < -0.4 is 14.8 Å². The highest BCUT2D eigenvalue weighted by Gasteiger charge is 2.36. The molecule has 8 heteroatoms. The van der Waals surface area contributed by atoms with Crippen LogP contribution in [0.5, 0.6) is 11.5 Å². The molecule has 7 nitrogen and oxygen atoms in total. The molecule has 2 aromatic carbocycles. The molecule has 0 unspecified atom stereocenters. The quantitative estimate of drug-likeness (QED) is 0.703. The van der Waals surface area contributed by atoms with Gasteiger partial charge in [0.2, 0.25) is 5.91 Å². The van der Waals surface area contributed by atoms with Crippen LogP contribution in [0.2, 0.25) is 0 Å². The number of aryl methyl sites for hydroxylation is 2. The van der Waals surface area contributed by atoms with Crippen molar-refractivity contribution in [3.63, 3.8) is 0 Å². The summed E-state index contributed by atoms with van der Waals surface area (Å²) in [6.07, 6.45) is 1.63. The number of thioether (sulfide) groups is 1. The van der Waals surface area contributed by atoms with E-state index in [1.54, 1.807) is 31.4 Å². The van der Waals surface area contributed by atoms with E-state index in [1.165, 1.54) is 7.11 Å². The molecule has 0 bridgehead atoms. The molecule has 3 amide bonds. The third-order valence-corrected chi connectivity index (χ3v) is 5.44. The van der Waals surface area contributed by atoms with Gasteiger partial charge in [0.1, 0.15) is 6.54 Å². The maximum absolute atomic E-state index is 12.7. The van der Waals surface area contributed by atoms with E-state index < -0.39 is 17.1 Å². The van der Waals surface area contributed by atoms with E-state index in [-0.39, 0.29) is 11.4 Å². The predicted octanol–water partition coefficient (Wildman–Crippen LogP) is 4.00. The van der Waals surface area contributed by atoms with Gasteiger partial charge < -0.3 is 14.8 Å². The topological polar surface area (TPSA) is 84.9 Å². The van der Waals surface area contributed by atoms with E-state index in [9.17, 15) is 14.4 Å². The molecule has 0 aliphatic carbocycles. The number of methoxy groups -OCH3 is 2. The maximum atomic E-state index is 12.7. The van der Waals surface area contributed by atoms with Crippen LogP contribution in [-0.4, -0.2) is 42.7 Å². The Morgan fingerprint density at radius 2 is 1.80 bits per heavy atom. The zero-order valence-electron chi connectivity index (χ0n) is 17.1. The molecular weight excluding hydrogens is 404 g/mol. The molecule has 0 saturated carbocycles. The molecule has 2 aromatic rings. The van der Waals surface area contributed by atoms with Gasteiger partial charge in [0, 0.05) is 5.69 Å². The van der Waals surface area contributed by atoms with Crippen molar-refractivity contribution in [2.45, 2.75) is 13.8 Å². The van der Waals surface area contributed by atoms with E-state index in [0.717, 1.165) is 33.4 Å². The van der Waals surface area contributed by atoms with E-state index in [1.807, 2.05) is 32.0 Å². The number of anilines is 1. The fourth-order valence-corrected chi connectivity index (χ4v) is 3.83. The number of hydrogen-bond donors (Lipinski definition) is 1. The minimum atomic E-state index is -0.501. The first-order valence-corrected chi connectivity index (χ1v) is 9.98. The van der Waals surface area contributed by atoms with Crippen molar-refractivity contribution >= 4 is 40.6 Å². The summed E-state index contributed by atoms with van der Waals surface area (Å²) in [5, 5.41) is 2.23. The van der Waals surface area contributed by atoms with E-state index in [0.29, 0.717) is 17.2 Å². The number of nitrogens with one attached hydrogen (secondary N) is 1. The summed E-state index contributed by atoms with van der Waals surface area (Å²) < 4.78 is 10.6. The van der Waals surface area contributed by atoms with Crippen LogP contribution in [0.1, 0.15) is 16.7 Å². The summed E-state index contributed by atoms with van der Waals surface area (Å²) in [6.45, 7) is 3.43. The second-order valence-corrected chi connectivity index (χ2v) is 7.74. The van der Waals surface area contributed by atoms with Crippen LogP contribution in [-0.2, 0) is 9.59 Å². The second-order valence-electron chi connectivity index (χ2n) is 6.75. The van der Waals surface area contributed by atoms with E-state index >= 15 is 0 Å². The molecule has 1 aliphatic heterocycles. The molecule has 0 spiro atoms. The minimum Gasteiger partial charge on any atom is -0.493 e. The Bertz CT molecular complexity index is 1050. The monoisotopic (exact) mass is 426 g/mol. The van der Waals surface area contributed by atoms with Gasteiger partial charge in [0.05, 0.1) is 19.1 Å². The number of imide groups is 1. The van der Waals surface area contributed by atoms with Gasteiger partial charge in [-0.2, -0.15) is 0 Å². The summed E-state index contributed by atoms with van der Waals surface area (Å²) in [4.78, 5) is 38.6. The number of carbonyl (C=O) groups is 3. The number of hydrogen-bond acceptors (Lipinski definition) is 6. The maximum Gasteiger partial charge on any atom is 0.294 e. The smallest absolute Gasteiger partial charge is 0.294 e. The third kappa shape index (κ3) is 4.65. The van der Waals surface area contributed by atoms with Gasteiger partial charge >= 0.3 is 0 Å². The van der Waals surface area contributed by atoms with Crippen molar-refractivity contribution in [3.8, 4) is 11.5 Å². The zero-order valence-corrected chi connectivity index (χ0v) is 18.0. The molecule has 0 atom stereocenters. The van der Waals surface area contributed by atoms with Crippen LogP contribution in [0.3, 0.4) is 0 Å². The Labute approximate surface area is 179 Å². The van der Waals surface area contributed by atoms with Crippen molar-refractivity contribution in [2.75, 3.05) is 26.1 Å². The van der Waals surface area contributed by atoms with Crippen molar-refractivity contribution in [1.82, 2.24) is 4.90 Å². The lowest BCUT2D eigenvalue weighted by Gasteiger charge is -2.13. The molecule has 1 fully saturated rings. The predicted molar refractivity (Wildman–Crippen MR) is 117 cm³/mol. The first-order valence-electron chi connectivity index (χ1n) is 9.17. The minimum absolute atomic E-state index is 0.249. The average Bonchev–Trinajstić information content (AvgIpc) is 2.96. The van der Waals surface area contributed by atoms with Crippen molar-refractivity contribution in [2.24, 2.45) is 0 Å². The van der Waals surface area contributed by atoms with Crippen molar-refractivity contribution < 1.29 is 23.9 Å². The van der Waals surface area contributed by atoms with Gasteiger partial charge in [0.15, 0.2) is 11.5 Å². The van der Waals surface area contributed by atoms with Crippen molar-refractivity contribution in [3.05, 3.63) is 58.0 Å². The van der Waals surface area contributed by atoms with Gasteiger partial charge in [0.25, 0.3) is 11.1 Å². The molecule has 1 aliphatic rings. The lowest BCUT2D eigenvalue weighted by atomic mass is 10.1. The van der Waals surface area contributed by atoms with Crippen LogP contribution in [0.4, 0.5) is 10.5 Å². The van der Waals surface area contributed by atoms with Crippen LogP contribution >= 0.6 is 11.8 Å².